The Kier molecular flexibility index (Phi) is 4.99. The Morgan fingerprint density at radius 1 is 1.07 bits per heavy atom. The smallest absolute Gasteiger partial charge is 0.301 e. The van der Waals surface area contributed by atoms with Crippen LogP contribution in [0.5, 0.6) is 0 Å². The fourth-order valence-corrected chi connectivity index (χ4v) is 3.67. The molecule has 0 aliphatic carbocycles. The highest BCUT2D eigenvalue weighted by molar-refractivity contribution is 6.51. The van der Waals surface area contributed by atoms with Crippen LogP contribution in [0.15, 0.2) is 70.8 Å². The summed E-state index contributed by atoms with van der Waals surface area (Å²) < 4.78 is 5.14. The molecule has 0 bridgehead atoms. The maximum atomic E-state index is 13.0. The SMILES string of the molecule is Cc1cc(N2C(=O)C(=O)C(=C(O)c3ccccc3)C2c2ccc(C(C)C)cc2)no1. The van der Waals surface area contributed by atoms with Gasteiger partial charge in [0.15, 0.2) is 5.82 Å². The molecule has 1 atom stereocenters. The summed E-state index contributed by atoms with van der Waals surface area (Å²) in [5, 5.41) is 14.9. The summed E-state index contributed by atoms with van der Waals surface area (Å²) in [6.07, 6.45) is 0. The largest absolute Gasteiger partial charge is 0.507 e. The molecule has 1 aliphatic rings. The van der Waals surface area contributed by atoms with Crippen LogP contribution in [0.1, 0.15) is 48.3 Å². The molecule has 1 fully saturated rings. The van der Waals surface area contributed by atoms with Gasteiger partial charge in [0.1, 0.15) is 11.5 Å². The predicted octanol–water partition coefficient (Wildman–Crippen LogP) is 4.73. The first-order valence-electron chi connectivity index (χ1n) is 9.78. The van der Waals surface area contributed by atoms with Crippen LogP contribution in [0, 0.1) is 6.92 Å². The molecule has 0 spiro atoms. The molecule has 30 heavy (non-hydrogen) atoms. The van der Waals surface area contributed by atoms with Gasteiger partial charge in [0.2, 0.25) is 0 Å². The van der Waals surface area contributed by atoms with E-state index in [1.54, 1.807) is 37.3 Å². The minimum Gasteiger partial charge on any atom is -0.507 e. The second-order valence-corrected chi connectivity index (χ2v) is 7.65. The van der Waals surface area contributed by atoms with Crippen LogP contribution in [0.3, 0.4) is 0 Å². The molecule has 1 aromatic heterocycles. The van der Waals surface area contributed by atoms with E-state index < -0.39 is 17.7 Å². The van der Waals surface area contributed by atoms with Crippen molar-refractivity contribution >= 4 is 23.3 Å². The highest BCUT2D eigenvalue weighted by Crippen LogP contribution is 2.42. The third-order valence-corrected chi connectivity index (χ3v) is 5.27. The van der Waals surface area contributed by atoms with E-state index in [2.05, 4.69) is 19.0 Å². The van der Waals surface area contributed by atoms with E-state index in [1.807, 2.05) is 30.3 Å². The van der Waals surface area contributed by atoms with E-state index in [0.717, 1.165) is 5.56 Å². The number of aromatic nitrogens is 1. The standard InChI is InChI=1S/C24H22N2O4/c1-14(2)16-9-11-17(12-10-16)21-20(22(27)18-7-5-4-6-8-18)23(28)24(29)26(21)19-13-15(3)30-25-19/h4-14,21,27H,1-3H3. The number of ketones is 1. The van der Waals surface area contributed by atoms with Gasteiger partial charge in [0.25, 0.3) is 5.78 Å². The third kappa shape index (κ3) is 3.30. The fourth-order valence-electron chi connectivity index (χ4n) is 3.67. The molecule has 2 aromatic carbocycles. The van der Waals surface area contributed by atoms with Crippen molar-refractivity contribution < 1.29 is 19.2 Å². The molecule has 1 aliphatic heterocycles. The Balaban J connectivity index is 1.91. The minimum atomic E-state index is -0.809. The number of aliphatic hydroxyl groups is 1. The molecule has 1 unspecified atom stereocenters. The van der Waals surface area contributed by atoms with Gasteiger partial charge < -0.3 is 9.63 Å². The summed E-state index contributed by atoms with van der Waals surface area (Å²) in [5.74, 6) is -0.625. The van der Waals surface area contributed by atoms with Crippen LogP contribution < -0.4 is 4.90 Å². The van der Waals surface area contributed by atoms with Gasteiger partial charge in [-0.05, 0) is 24.0 Å². The molecule has 0 radical (unpaired) electrons. The molecule has 0 saturated carbocycles. The van der Waals surface area contributed by atoms with E-state index in [4.69, 9.17) is 4.52 Å². The number of rotatable bonds is 4. The summed E-state index contributed by atoms with van der Waals surface area (Å²) in [7, 11) is 0. The molecular weight excluding hydrogens is 380 g/mol. The lowest BCUT2D eigenvalue weighted by atomic mass is 9.93. The van der Waals surface area contributed by atoms with Gasteiger partial charge in [-0.1, -0.05) is 73.6 Å². The van der Waals surface area contributed by atoms with E-state index in [9.17, 15) is 14.7 Å². The molecule has 1 saturated heterocycles. The maximum absolute atomic E-state index is 13.0. The number of carbonyl (C=O) groups is 2. The number of benzene rings is 2. The number of aryl methyl sites for hydroxylation is 1. The number of carbonyl (C=O) groups excluding carboxylic acids is 2. The number of aliphatic hydroxyl groups excluding tert-OH is 1. The van der Waals surface area contributed by atoms with Crippen LogP contribution in [0.2, 0.25) is 0 Å². The molecule has 1 N–H and O–H groups in total. The number of hydrogen-bond donors (Lipinski definition) is 1. The second kappa shape index (κ2) is 7.63. The maximum Gasteiger partial charge on any atom is 0.301 e. The van der Waals surface area contributed by atoms with Crippen LogP contribution in [-0.4, -0.2) is 22.0 Å². The van der Waals surface area contributed by atoms with Gasteiger partial charge in [-0.25, -0.2) is 0 Å². The Labute approximate surface area is 174 Å². The molecule has 1 amide bonds. The van der Waals surface area contributed by atoms with E-state index in [0.29, 0.717) is 22.8 Å². The van der Waals surface area contributed by atoms with Crippen molar-refractivity contribution in [1.82, 2.24) is 5.16 Å². The molecule has 4 rings (SSSR count). The van der Waals surface area contributed by atoms with E-state index in [-0.39, 0.29) is 17.2 Å². The zero-order valence-electron chi connectivity index (χ0n) is 17.0. The van der Waals surface area contributed by atoms with Crippen molar-refractivity contribution in [3.05, 3.63) is 88.7 Å². The Morgan fingerprint density at radius 3 is 2.30 bits per heavy atom. The first-order valence-corrected chi connectivity index (χ1v) is 9.78. The van der Waals surface area contributed by atoms with E-state index in [1.165, 1.54) is 4.90 Å². The molecule has 3 aromatic rings. The number of anilines is 1. The predicted molar refractivity (Wildman–Crippen MR) is 113 cm³/mol. The molecular formula is C24H22N2O4. The number of Topliss-reactive ketones (excluding diaryl/α,β-unsaturated/α-hetero) is 1. The number of nitrogens with zero attached hydrogens (tertiary/aromatic N) is 2. The van der Waals surface area contributed by atoms with Crippen molar-refractivity contribution in [2.75, 3.05) is 4.90 Å². The summed E-state index contributed by atoms with van der Waals surface area (Å²) >= 11 is 0. The van der Waals surface area contributed by atoms with Gasteiger partial charge in [0.05, 0.1) is 11.6 Å². The normalized spacial score (nSPS) is 18.4. The molecule has 6 nitrogen and oxygen atoms in total. The quantitative estimate of drug-likeness (QED) is 0.387. The van der Waals surface area contributed by atoms with Crippen LogP contribution in [-0.2, 0) is 9.59 Å². The van der Waals surface area contributed by atoms with Crippen molar-refractivity contribution in [3.63, 3.8) is 0 Å². The summed E-state index contributed by atoms with van der Waals surface area (Å²) in [4.78, 5) is 27.3. The first-order chi connectivity index (χ1) is 14.4. The molecule has 2 heterocycles. The summed E-state index contributed by atoms with van der Waals surface area (Å²) in [5.41, 5.74) is 2.34. The summed E-state index contributed by atoms with van der Waals surface area (Å²) in [6.45, 7) is 5.90. The van der Waals surface area contributed by atoms with Gasteiger partial charge in [-0.15, -0.1) is 0 Å². The minimum absolute atomic E-state index is 0.0316. The fraction of sp³-hybridized carbons (Fsp3) is 0.208. The lowest BCUT2D eigenvalue weighted by Crippen LogP contribution is -2.29. The van der Waals surface area contributed by atoms with Crippen LogP contribution >= 0.6 is 0 Å². The molecule has 6 heteroatoms. The highest BCUT2D eigenvalue weighted by atomic mass is 16.5. The first kappa shape index (κ1) is 19.6. The Hall–Kier alpha value is -3.67. The second-order valence-electron chi connectivity index (χ2n) is 7.65. The van der Waals surface area contributed by atoms with Gasteiger partial charge >= 0.3 is 5.91 Å². The van der Waals surface area contributed by atoms with Crippen molar-refractivity contribution in [2.24, 2.45) is 0 Å². The van der Waals surface area contributed by atoms with E-state index >= 15 is 0 Å². The Morgan fingerprint density at radius 2 is 1.73 bits per heavy atom. The van der Waals surface area contributed by atoms with Crippen molar-refractivity contribution in [1.29, 1.82) is 0 Å². The number of hydrogen-bond acceptors (Lipinski definition) is 5. The average molecular weight is 402 g/mol. The zero-order chi connectivity index (χ0) is 21.4. The van der Waals surface area contributed by atoms with Crippen molar-refractivity contribution in [2.45, 2.75) is 32.7 Å². The van der Waals surface area contributed by atoms with Gasteiger partial charge in [-0.2, -0.15) is 0 Å². The van der Waals surface area contributed by atoms with Gasteiger partial charge in [0, 0.05) is 11.6 Å². The number of amides is 1. The highest BCUT2D eigenvalue weighted by Gasteiger charge is 2.48. The van der Waals surface area contributed by atoms with Crippen molar-refractivity contribution in [3.8, 4) is 0 Å². The Bertz CT molecular complexity index is 1130. The average Bonchev–Trinajstić information content (AvgIpc) is 3.29. The lowest BCUT2D eigenvalue weighted by molar-refractivity contribution is -0.132. The third-order valence-electron chi connectivity index (χ3n) is 5.27. The monoisotopic (exact) mass is 402 g/mol. The molecule has 152 valence electrons. The van der Waals surface area contributed by atoms with Gasteiger partial charge in [-0.3, -0.25) is 14.5 Å². The lowest BCUT2D eigenvalue weighted by Gasteiger charge is -2.23. The zero-order valence-corrected chi connectivity index (χ0v) is 17.0. The van der Waals surface area contributed by atoms with Crippen LogP contribution in [0.4, 0.5) is 5.82 Å². The summed E-state index contributed by atoms with van der Waals surface area (Å²) in [6, 6.07) is 17.2. The topological polar surface area (TPSA) is 83.6 Å². The van der Waals surface area contributed by atoms with Crippen LogP contribution in [0.25, 0.3) is 5.76 Å².